The maximum absolute atomic E-state index is 12.0. The molecular formula is C13H18N4O2. The van der Waals surface area contributed by atoms with E-state index in [0.29, 0.717) is 12.8 Å². The van der Waals surface area contributed by atoms with Gasteiger partial charge in [-0.3, -0.25) is 14.5 Å². The van der Waals surface area contributed by atoms with Crippen molar-refractivity contribution in [2.75, 3.05) is 24.2 Å². The molecule has 1 unspecified atom stereocenters. The summed E-state index contributed by atoms with van der Waals surface area (Å²) in [6, 6.07) is 3.32. The second-order valence-electron chi connectivity index (χ2n) is 4.49. The zero-order valence-electron chi connectivity index (χ0n) is 11.1. The van der Waals surface area contributed by atoms with Crippen molar-refractivity contribution in [3.63, 3.8) is 0 Å². The lowest BCUT2D eigenvalue weighted by Gasteiger charge is -2.28. The number of anilines is 2. The molecule has 1 aliphatic rings. The number of aromatic nitrogens is 1. The first-order valence-electron chi connectivity index (χ1n) is 6.38. The van der Waals surface area contributed by atoms with Crippen molar-refractivity contribution in [3.8, 4) is 0 Å². The Balaban J connectivity index is 2.06. The van der Waals surface area contributed by atoms with Crippen LogP contribution in [0.2, 0.25) is 0 Å². The Kier molecular flexibility index (Phi) is 3.99. The molecule has 1 aliphatic heterocycles. The number of likely N-dealkylation sites (N-methyl/N-ethyl adjacent to an activating group) is 1. The number of imide groups is 1. The number of carbonyl (C=O) groups excluding carboxylic acids is 2. The molecule has 6 nitrogen and oxygen atoms in total. The van der Waals surface area contributed by atoms with E-state index < -0.39 is 0 Å². The zero-order valence-corrected chi connectivity index (χ0v) is 11.1. The summed E-state index contributed by atoms with van der Waals surface area (Å²) in [7, 11) is 1.52. The maximum Gasteiger partial charge on any atom is 0.251 e. The van der Waals surface area contributed by atoms with Gasteiger partial charge in [-0.2, -0.15) is 0 Å². The van der Waals surface area contributed by atoms with E-state index >= 15 is 0 Å². The minimum absolute atomic E-state index is 0.119. The molecule has 0 radical (unpaired) electrons. The number of piperidine rings is 1. The van der Waals surface area contributed by atoms with Crippen LogP contribution < -0.4 is 10.6 Å². The van der Waals surface area contributed by atoms with E-state index in [1.54, 1.807) is 6.20 Å². The molecule has 0 aromatic carbocycles. The number of carbonyl (C=O) groups is 2. The first kappa shape index (κ1) is 13.3. The molecule has 1 aromatic rings. The summed E-state index contributed by atoms with van der Waals surface area (Å²) < 4.78 is 0. The molecule has 6 heteroatoms. The van der Waals surface area contributed by atoms with Crippen LogP contribution in [0.3, 0.4) is 0 Å². The second kappa shape index (κ2) is 5.69. The van der Waals surface area contributed by atoms with Gasteiger partial charge in [0.2, 0.25) is 5.91 Å². The van der Waals surface area contributed by atoms with Gasteiger partial charge in [0.15, 0.2) is 0 Å². The molecule has 1 aromatic heterocycles. The molecule has 0 saturated carbocycles. The topological polar surface area (TPSA) is 74.3 Å². The molecule has 2 amide bonds. The van der Waals surface area contributed by atoms with Crippen LogP contribution in [-0.4, -0.2) is 41.3 Å². The number of amides is 2. The van der Waals surface area contributed by atoms with E-state index in [4.69, 9.17) is 0 Å². The van der Waals surface area contributed by atoms with E-state index in [2.05, 4.69) is 15.6 Å². The van der Waals surface area contributed by atoms with E-state index in [1.165, 1.54) is 11.9 Å². The fourth-order valence-electron chi connectivity index (χ4n) is 2.05. The Morgan fingerprint density at radius 1 is 1.47 bits per heavy atom. The average Bonchev–Trinajstić information content (AvgIpc) is 2.40. The molecule has 19 heavy (non-hydrogen) atoms. The van der Waals surface area contributed by atoms with Gasteiger partial charge in [0.05, 0.1) is 0 Å². The molecule has 0 aliphatic carbocycles. The number of pyridine rings is 1. The molecule has 1 saturated heterocycles. The normalized spacial score (nSPS) is 19.5. The Morgan fingerprint density at radius 3 is 3.00 bits per heavy atom. The van der Waals surface area contributed by atoms with Crippen molar-refractivity contribution in [2.45, 2.75) is 25.8 Å². The predicted molar refractivity (Wildman–Crippen MR) is 72.8 cm³/mol. The third-order valence-corrected chi connectivity index (χ3v) is 3.11. The van der Waals surface area contributed by atoms with Crippen LogP contribution >= 0.6 is 0 Å². The summed E-state index contributed by atoms with van der Waals surface area (Å²) in [4.78, 5) is 28.7. The highest BCUT2D eigenvalue weighted by molar-refractivity contribution is 6.01. The summed E-state index contributed by atoms with van der Waals surface area (Å²) in [6.07, 6.45) is 2.61. The van der Waals surface area contributed by atoms with Gasteiger partial charge in [-0.1, -0.05) is 0 Å². The van der Waals surface area contributed by atoms with Gasteiger partial charge in [-0.25, -0.2) is 4.98 Å². The summed E-state index contributed by atoms with van der Waals surface area (Å²) in [6.45, 7) is 2.78. The van der Waals surface area contributed by atoms with Crippen molar-refractivity contribution in [1.82, 2.24) is 9.88 Å². The van der Waals surface area contributed by atoms with Crippen LogP contribution in [0, 0.1) is 0 Å². The van der Waals surface area contributed by atoms with Crippen LogP contribution in [-0.2, 0) is 9.59 Å². The number of rotatable bonds is 4. The standard InChI is InChI=1S/C13H18N4O2/c1-3-14-11-8-9(6-7-15-11)16-10-4-5-12(18)17(2)13(10)19/h6-8,10H,3-5H2,1-2H3,(H2,14,15,16). The van der Waals surface area contributed by atoms with Crippen molar-refractivity contribution in [1.29, 1.82) is 0 Å². The Morgan fingerprint density at radius 2 is 2.26 bits per heavy atom. The van der Waals surface area contributed by atoms with Crippen LogP contribution in [0.4, 0.5) is 11.5 Å². The smallest absolute Gasteiger partial charge is 0.251 e. The van der Waals surface area contributed by atoms with Crippen LogP contribution in [0.5, 0.6) is 0 Å². The first-order valence-corrected chi connectivity index (χ1v) is 6.38. The third kappa shape index (κ3) is 3.01. The number of nitrogens with one attached hydrogen (secondary N) is 2. The van der Waals surface area contributed by atoms with Crippen molar-refractivity contribution in [3.05, 3.63) is 18.3 Å². The molecule has 0 spiro atoms. The van der Waals surface area contributed by atoms with Crippen molar-refractivity contribution >= 4 is 23.3 Å². The van der Waals surface area contributed by atoms with Gasteiger partial charge in [0, 0.05) is 38.0 Å². The highest BCUT2D eigenvalue weighted by Crippen LogP contribution is 2.18. The van der Waals surface area contributed by atoms with Gasteiger partial charge < -0.3 is 10.6 Å². The maximum atomic E-state index is 12.0. The molecule has 2 N–H and O–H groups in total. The molecular weight excluding hydrogens is 244 g/mol. The summed E-state index contributed by atoms with van der Waals surface area (Å²) >= 11 is 0. The largest absolute Gasteiger partial charge is 0.374 e. The molecule has 1 fully saturated rings. The van der Waals surface area contributed by atoms with Crippen LogP contribution in [0.25, 0.3) is 0 Å². The third-order valence-electron chi connectivity index (χ3n) is 3.11. The summed E-state index contributed by atoms with van der Waals surface area (Å²) in [5.74, 6) is 0.462. The summed E-state index contributed by atoms with van der Waals surface area (Å²) in [5, 5.41) is 6.27. The summed E-state index contributed by atoms with van der Waals surface area (Å²) in [5.41, 5.74) is 0.826. The monoisotopic (exact) mass is 262 g/mol. The van der Waals surface area contributed by atoms with Crippen LogP contribution in [0.15, 0.2) is 18.3 Å². The van der Waals surface area contributed by atoms with Crippen molar-refractivity contribution < 1.29 is 9.59 Å². The number of nitrogens with zero attached hydrogens (tertiary/aromatic N) is 2. The van der Waals surface area contributed by atoms with E-state index in [9.17, 15) is 9.59 Å². The highest BCUT2D eigenvalue weighted by atomic mass is 16.2. The van der Waals surface area contributed by atoms with Gasteiger partial charge in [-0.05, 0) is 19.4 Å². The molecule has 1 atom stereocenters. The van der Waals surface area contributed by atoms with Gasteiger partial charge in [-0.15, -0.1) is 0 Å². The predicted octanol–water partition coefficient (Wildman–Crippen LogP) is 1.07. The van der Waals surface area contributed by atoms with E-state index in [-0.39, 0.29) is 17.9 Å². The zero-order chi connectivity index (χ0) is 13.8. The Bertz CT molecular complexity index is 489. The van der Waals surface area contributed by atoms with Gasteiger partial charge in [0.1, 0.15) is 11.9 Å². The average molecular weight is 262 g/mol. The minimum Gasteiger partial charge on any atom is -0.374 e. The second-order valence-corrected chi connectivity index (χ2v) is 4.49. The highest BCUT2D eigenvalue weighted by Gasteiger charge is 2.31. The lowest BCUT2D eigenvalue weighted by atomic mass is 10.0. The molecule has 2 heterocycles. The quantitative estimate of drug-likeness (QED) is 0.794. The SMILES string of the molecule is CCNc1cc(NC2CCC(=O)N(C)C2=O)ccn1. The van der Waals surface area contributed by atoms with E-state index in [0.717, 1.165) is 18.1 Å². The number of hydrogen-bond donors (Lipinski definition) is 2. The fourth-order valence-corrected chi connectivity index (χ4v) is 2.05. The molecule has 2 rings (SSSR count). The molecule has 0 bridgehead atoms. The lowest BCUT2D eigenvalue weighted by molar-refractivity contribution is -0.146. The number of likely N-dealkylation sites (tertiary alicyclic amines) is 1. The molecule has 102 valence electrons. The van der Waals surface area contributed by atoms with Crippen LogP contribution in [0.1, 0.15) is 19.8 Å². The van der Waals surface area contributed by atoms with Gasteiger partial charge in [0.25, 0.3) is 5.91 Å². The Labute approximate surface area is 112 Å². The van der Waals surface area contributed by atoms with Gasteiger partial charge >= 0.3 is 0 Å². The minimum atomic E-state index is -0.348. The lowest BCUT2D eigenvalue weighted by Crippen LogP contribution is -2.48. The van der Waals surface area contributed by atoms with Crippen molar-refractivity contribution in [2.24, 2.45) is 0 Å². The first-order chi connectivity index (χ1) is 9.11. The fraction of sp³-hybridized carbons (Fsp3) is 0.462. The number of hydrogen-bond acceptors (Lipinski definition) is 5. The Hall–Kier alpha value is -2.11. The van der Waals surface area contributed by atoms with E-state index in [1.807, 2.05) is 19.1 Å².